The number of rotatable bonds is 3. The third-order valence-electron chi connectivity index (χ3n) is 3.92. The maximum Gasteiger partial charge on any atom is 0.272 e. The largest absolute Gasteiger partial charge is 0.495 e. The van der Waals surface area contributed by atoms with Gasteiger partial charge >= 0.3 is 0 Å². The molecule has 0 radical (unpaired) electrons. The van der Waals surface area contributed by atoms with Gasteiger partial charge in [0.15, 0.2) is 0 Å². The molecule has 23 heavy (non-hydrogen) atoms. The van der Waals surface area contributed by atoms with Crippen LogP contribution in [0.2, 0.25) is 5.02 Å². The van der Waals surface area contributed by atoms with Gasteiger partial charge in [-0.15, -0.1) is 0 Å². The number of anilines is 1. The fraction of sp³-hybridized carbons (Fsp3) is 0.167. The summed E-state index contributed by atoms with van der Waals surface area (Å²) in [4.78, 5) is 15.8. The van der Waals surface area contributed by atoms with Crippen molar-refractivity contribution >= 4 is 34.1 Å². The molecule has 1 heterocycles. The summed E-state index contributed by atoms with van der Waals surface area (Å²) in [5.41, 5.74) is 3.87. The van der Waals surface area contributed by atoms with Crippen molar-refractivity contribution < 1.29 is 9.53 Å². The van der Waals surface area contributed by atoms with E-state index in [9.17, 15) is 4.79 Å². The van der Waals surface area contributed by atoms with E-state index >= 15 is 0 Å². The highest BCUT2D eigenvalue weighted by molar-refractivity contribution is 6.31. The molecule has 0 unspecified atom stereocenters. The quantitative estimate of drug-likeness (QED) is 0.732. The van der Waals surface area contributed by atoms with Gasteiger partial charge in [-0.25, -0.2) is 0 Å². The molecule has 0 spiro atoms. The van der Waals surface area contributed by atoms with Crippen molar-refractivity contribution in [3.8, 4) is 5.75 Å². The van der Waals surface area contributed by atoms with E-state index in [1.54, 1.807) is 19.2 Å². The lowest BCUT2D eigenvalue weighted by Crippen LogP contribution is -2.14. The predicted octanol–water partition coefficient (Wildman–Crippen LogP) is 4.70. The van der Waals surface area contributed by atoms with Gasteiger partial charge in [-0.1, -0.05) is 29.8 Å². The van der Waals surface area contributed by atoms with Crippen LogP contribution < -0.4 is 10.1 Å². The number of H-pyrrole nitrogens is 1. The van der Waals surface area contributed by atoms with Gasteiger partial charge in [0, 0.05) is 22.0 Å². The van der Waals surface area contributed by atoms with Gasteiger partial charge in [-0.05, 0) is 37.1 Å². The third-order valence-corrected chi connectivity index (χ3v) is 4.33. The number of benzene rings is 2. The minimum Gasteiger partial charge on any atom is -0.495 e. The van der Waals surface area contributed by atoms with Gasteiger partial charge in [0.05, 0.1) is 12.8 Å². The Morgan fingerprint density at radius 3 is 2.65 bits per heavy atom. The molecule has 2 aromatic carbocycles. The lowest BCUT2D eigenvalue weighted by Gasteiger charge is -2.12. The maximum atomic E-state index is 12.6. The second kappa shape index (κ2) is 5.97. The van der Waals surface area contributed by atoms with Crippen LogP contribution in [0.3, 0.4) is 0 Å². The molecular formula is C18H17ClN2O2. The second-order valence-electron chi connectivity index (χ2n) is 5.43. The number of aromatic nitrogens is 1. The number of fused-ring (bicyclic) bond motifs is 1. The fourth-order valence-electron chi connectivity index (χ4n) is 2.62. The van der Waals surface area contributed by atoms with Crippen LogP contribution in [0.25, 0.3) is 10.9 Å². The van der Waals surface area contributed by atoms with Crippen molar-refractivity contribution in [2.24, 2.45) is 0 Å². The van der Waals surface area contributed by atoms with Crippen LogP contribution in [0.15, 0.2) is 36.4 Å². The maximum absolute atomic E-state index is 12.6. The SMILES string of the molecule is COc1cc(Cl)c(C)cc1NC(=O)c1[nH]c2ccccc2c1C. The average Bonchev–Trinajstić information content (AvgIpc) is 2.88. The first-order chi connectivity index (χ1) is 11.0. The molecule has 0 atom stereocenters. The minimum absolute atomic E-state index is 0.210. The molecule has 0 saturated heterocycles. The number of amides is 1. The number of aryl methyl sites for hydroxylation is 2. The number of ether oxygens (including phenoxy) is 1. The van der Waals surface area contributed by atoms with Gasteiger partial charge in [0.1, 0.15) is 11.4 Å². The first kappa shape index (κ1) is 15.4. The lowest BCUT2D eigenvalue weighted by molar-refractivity contribution is 0.102. The summed E-state index contributed by atoms with van der Waals surface area (Å²) in [5, 5.41) is 4.53. The number of halogens is 1. The number of nitrogens with one attached hydrogen (secondary N) is 2. The van der Waals surface area contributed by atoms with Crippen LogP contribution >= 0.6 is 11.6 Å². The van der Waals surface area contributed by atoms with E-state index in [1.165, 1.54) is 0 Å². The summed E-state index contributed by atoms with van der Waals surface area (Å²) in [6.45, 7) is 3.81. The Morgan fingerprint density at radius 1 is 1.22 bits per heavy atom. The Balaban J connectivity index is 1.98. The van der Waals surface area contributed by atoms with E-state index < -0.39 is 0 Å². The Hall–Kier alpha value is -2.46. The van der Waals surface area contributed by atoms with Crippen LogP contribution in [-0.2, 0) is 0 Å². The molecule has 3 aromatic rings. The molecule has 0 aliphatic heterocycles. The van der Waals surface area contributed by atoms with Crippen LogP contribution in [-0.4, -0.2) is 18.0 Å². The van der Waals surface area contributed by atoms with E-state index in [0.717, 1.165) is 22.0 Å². The summed E-state index contributed by atoms with van der Waals surface area (Å²) < 4.78 is 5.30. The number of methoxy groups -OCH3 is 1. The van der Waals surface area contributed by atoms with Gasteiger partial charge in [0.25, 0.3) is 5.91 Å². The summed E-state index contributed by atoms with van der Waals surface area (Å²) in [6.07, 6.45) is 0. The zero-order chi connectivity index (χ0) is 16.6. The molecule has 2 N–H and O–H groups in total. The van der Waals surface area contributed by atoms with E-state index in [2.05, 4.69) is 10.3 Å². The van der Waals surface area contributed by atoms with Crippen LogP contribution in [0, 0.1) is 13.8 Å². The highest BCUT2D eigenvalue weighted by atomic mass is 35.5. The molecule has 5 heteroatoms. The molecule has 118 valence electrons. The van der Waals surface area contributed by atoms with Gasteiger partial charge < -0.3 is 15.0 Å². The zero-order valence-corrected chi connectivity index (χ0v) is 13.9. The Labute approximate surface area is 139 Å². The Bertz CT molecular complexity index is 899. The van der Waals surface area contributed by atoms with E-state index in [-0.39, 0.29) is 5.91 Å². The van der Waals surface area contributed by atoms with Crippen molar-refractivity contribution in [1.82, 2.24) is 4.98 Å². The number of hydrogen-bond acceptors (Lipinski definition) is 2. The predicted molar refractivity (Wildman–Crippen MR) is 93.7 cm³/mol. The zero-order valence-electron chi connectivity index (χ0n) is 13.2. The van der Waals surface area contributed by atoms with Crippen molar-refractivity contribution in [3.05, 3.63) is 58.2 Å². The smallest absolute Gasteiger partial charge is 0.272 e. The van der Waals surface area contributed by atoms with Crippen molar-refractivity contribution in [1.29, 1.82) is 0 Å². The molecule has 0 aliphatic carbocycles. The van der Waals surface area contributed by atoms with Crippen molar-refractivity contribution in [2.45, 2.75) is 13.8 Å². The minimum atomic E-state index is -0.210. The molecule has 0 fully saturated rings. The normalized spacial score (nSPS) is 10.8. The van der Waals surface area contributed by atoms with Gasteiger partial charge in [-0.3, -0.25) is 4.79 Å². The molecule has 0 bridgehead atoms. The van der Waals surface area contributed by atoms with E-state index in [4.69, 9.17) is 16.3 Å². The number of carbonyl (C=O) groups excluding carboxylic acids is 1. The highest BCUT2D eigenvalue weighted by Gasteiger charge is 2.17. The first-order valence-electron chi connectivity index (χ1n) is 7.24. The number of para-hydroxylation sites is 1. The number of hydrogen-bond donors (Lipinski definition) is 2. The highest BCUT2D eigenvalue weighted by Crippen LogP contribution is 2.31. The van der Waals surface area contributed by atoms with Crippen LogP contribution in [0.5, 0.6) is 5.75 Å². The van der Waals surface area contributed by atoms with Gasteiger partial charge in [-0.2, -0.15) is 0 Å². The molecule has 0 aliphatic rings. The van der Waals surface area contributed by atoms with Crippen molar-refractivity contribution in [3.63, 3.8) is 0 Å². The van der Waals surface area contributed by atoms with E-state index in [1.807, 2.05) is 38.1 Å². The third kappa shape index (κ3) is 2.78. The summed E-state index contributed by atoms with van der Waals surface area (Å²) in [7, 11) is 1.55. The standard InChI is InChI=1S/C18H17ClN2O2/c1-10-8-15(16(23-3)9-13(10)19)21-18(22)17-11(2)12-6-4-5-7-14(12)20-17/h4-9,20H,1-3H3,(H,21,22). The summed E-state index contributed by atoms with van der Waals surface area (Å²) in [5.74, 6) is 0.321. The lowest BCUT2D eigenvalue weighted by atomic mass is 10.1. The molecule has 0 saturated carbocycles. The van der Waals surface area contributed by atoms with Gasteiger partial charge in [0.2, 0.25) is 0 Å². The average molecular weight is 329 g/mol. The molecular weight excluding hydrogens is 312 g/mol. The summed E-state index contributed by atoms with van der Waals surface area (Å²) in [6, 6.07) is 11.3. The first-order valence-corrected chi connectivity index (χ1v) is 7.62. The Kier molecular flexibility index (Phi) is 4.01. The molecule has 1 amide bonds. The molecule has 3 rings (SSSR count). The van der Waals surface area contributed by atoms with Crippen LogP contribution in [0.4, 0.5) is 5.69 Å². The number of carbonyl (C=O) groups is 1. The fourth-order valence-corrected chi connectivity index (χ4v) is 2.78. The van der Waals surface area contributed by atoms with Crippen LogP contribution in [0.1, 0.15) is 21.6 Å². The monoisotopic (exact) mass is 328 g/mol. The topological polar surface area (TPSA) is 54.1 Å². The number of aromatic amines is 1. The molecule has 1 aromatic heterocycles. The van der Waals surface area contributed by atoms with E-state index in [0.29, 0.717) is 22.2 Å². The Morgan fingerprint density at radius 2 is 1.96 bits per heavy atom. The summed E-state index contributed by atoms with van der Waals surface area (Å²) >= 11 is 6.10. The van der Waals surface area contributed by atoms with Crippen molar-refractivity contribution in [2.75, 3.05) is 12.4 Å². The second-order valence-corrected chi connectivity index (χ2v) is 5.83. The molecule has 4 nitrogen and oxygen atoms in total.